The molecule has 1 saturated carbocycles. The van der Waals surface area contributed by atoms with E-state index < -0.39 is 35.4 Å². The zero-order chi connectivity index (χ0) is 22.1. The predicted octanol–water partition coefficient (Wildman–Crippen LogP) is 4.52. The number of amides is 2. The van der Waals surface area contributed by atoms with Crippen molar-refractivity contribution in [2.24, 2.45) is 0 Å². The van der Waals surface area contributed by atoms with Crippen LogP contribution in [0.5, 0.6) is 5.75 Å². The van der Waals surface area contributed by atoms with Gasteiger partial charge >= 0.3 is 18.2 Å². The average Bonchev–Trinajstić information content (AvgIpc) is 3.46. The molecular formula is C20H17F5N2O3. The maximum atomic E-state index is 14.2. The Morgan fingerprint density at radius 1 is 1.03 bits per heavy atom. The Labute approximate surface area is 168 Å². The van der Waals surface area contributed by atoms with Gasteiger partial charge in [0.05, 0.1) is 5.56 Å². The van der Waals surface area contributed by atoms with Gasteiger partial charge in [0.15, 0.2) is 0 Å². The Morgan fingerprint density at radius 2 is 1.73 bits per heavy atom. The summed E-state index contributed by atoms with van der Waals surface area (Å²) < 4.78 is 70.8. The van der Waals surface area contributed by atoms with Crippen LogP contribution in [0.3, 0.4) is 0 Å². The van der Waals surface area contributed by atoms with E-state index in [2.05, 4.69) is 10.1 Å². The highest BCUT2D eigenvalue weighted by Crippen LogP contribution is 2.33. The first kappa shape index (κ1) is 21.5. The van der Waals surface area contributed by atoms with Crippen molar-refractivity contribution in [3.63, 3.8) is 0 Å². The molecule has 30 heavy (non-hydrogen) atoms. The first-order valence-corrected chi connectivity index (χ1v) is 8.93. The Kier molecular flexibility index (Phi) is 5.69. The first-order valence-electron chi connectivity index (χ1n) is 8.93. The second kappa shape index (κ2) is 7.92. The van der Waals surface area contributed by atoms with E-state index in [-0.39, 0.29) is 17.3 Å². The number of anilines is 1. The number of ether oxygens (including phenoxy) is 1. The van der Waals surface area contributed by atoms with E-state index in [0.717, 1.165) is 25.0 Å². The second-order valence-corrected chi connectivity index (χ2v) is 6.88. The number of halogens is 5. The van der Waals surface area contributed by atoms with E-state index >= 15 is 0 Å². The van der Waals surface area contributed by atoms with Crippen LogP contribution in [0.15, 0.2) is 42.5 Å². The molecule has 10 heteroatoms. The summed E-state index contributed by atoms with van der Waals surface area (Å²) in [5, 5.41) is 4.70. The summed E-state index contributed by atoms with van der Waals surface area (Å²) in [6.07, 6.45) is -7.49. The molecule has 0 saturated heterocycles. The average molecular weight is 428 g/mol. The highest BCUT2D eigenvalue weighted by atomic mass is 19.4. The minimum atomic E-state index is -4.75. The molecule has 1 aliphatic rings. The largest absolute Gasteiger partial charge is 0.482 e. The Morgan fingerprint density at radius 3 is 2.37 bits per heavy atom. The molecule has 2 N–H and O–H groups in total. The fourth-order valence-electron chi connectivity index (χ4n) is 2.52. The number of rotatable bonds is 6. The summed E-state index contributed by atoms with van der Waals surface area (Å²) in [7, 11) is 0. The maximum Gasteiger partial charge on any atom is 0.482 e. The van der Waals surface area contributed by atoms with Crippen molar-refractivity contribution in [1.82, 2.24) is 5.32 Å². The molecule has 0 heterocycles. The zero-order valence-corrected chi connectivity index (χ0v) is 15.6. The topological polar surface area (TPSA) is 67.4 Å². The number of hydrogen-bond donors (Lipinski definition) is 2. The van der Waals surface area contributed by atoms with Gasteiger partial charge in [-0.05, 0) is 55.7 Å². The van der Waals surface area contributed by atoms with Crippen molar-refractivity contribution in [2.75, 3.05) is 5.32 Å². The number of hydrogen-bond acceptors (Lipinski definition) is 3. The molecule has 1 aliphatic carbocycles. The second-order valence-electron chi connectivity index (χ2n) is 6.88. The van der Waals surface area contributed by atoms with E-state index in [4.69, 9.17) is 0 Å². The molecule has 0 aromatic heterocycles. The zero-order valence-electron chi connectivity index (χ0n) is 15.6. The van der Waals surface area contributed by atoms with Gasteiger partial charge < -0.3 is 15.4 Å². The van der Waals surface area contributed by atoms with Gasteiger partial charge in [-0.25, -0.2) is 0 Å². The van der Waals surface area contributed by atoms with Gasteiger partial charge in [0.25, 0.3) is 5.91 Å². The van der Waals surface area contributed by atoms with Crippen molar-refractivity contribution < 1.29 is 36.3 Å². The number of benzene rings is 2. The van der Waals surface area contributed by atoms with Gasteiger partial charge in [-0.2, -0.15) is 22.0 Å². The molecule has 3 rings (SSSR count). The summed E-state index contributed by atoms with van der Waals surface area (Å²) in [6, 6.07) is 7.11. The third-order valence-corrected chi connectivity index (χ3v) is 4.33. The third-order valence-electron chi connectivity index (χ3n) is 4.33. The van der Waals surface area contributed by atoms with Gasteiger partial charge in [-0.1, -0.05) is 12.1 Å². The molecule has 2 amide bonds. The molecule has 5 nitrogen and oxygen atoms in total. The highest BCUT2D eigenvalue weighted by Gasteiger charge is 2.43. The summed E-state index contributed by atoms with van der Waals surface area (Å²) in [5.41, 5.74) is -0.664. The van der Waals surface area contributed by atoms with Gasteiger partial charge in [0.2, 0.25) is 0 Å². The Bertz CT molecular complexity index is 971. The lowest BCUT2D eigenvalue weighted by atomic mass is 10.1. The standard InChI is InChI=1S/C20H17F5N2O3/c1-11-5-6-12(17(28)26-14-7-8-14)9-16(11)27-18(29)20(24,25)30-15-4-2-3-13(10-15)19(21,22)23/h2-6,9-10,14H,7-8H2,1H3,(H,26,28)(H,27,29). The molecule has 0 aliphatic heterocycles. The normalized spacial score (nSPS) is 14.2. The van der Waals surface area contributed by atoms with Crippen LogP contribution >= 0.6 is 0 Å². The number of carbonyl (C=O) groups is 2. The minimum absolute atomic E-state index is 0.0456. The molecule has 0 unspecified atom stereocenters. The smallest absolute Gasteiger partial charge is 0.425 e. The quantitative estimate of drug-likeness (QED) is 0.665. The maximum absolute atomic E-state index is 14.2. The fourth-order valence-corrected chi connectivity index (χ4v) is 2.52. The van der Waals surface area contributed by atoms with Crippen LogP contribution in [0.25, 0.3) is 0 Å². The predicted molar refractivity (Wildman–Crippen MR) is 97.3 cm³/mol. The number of alkyl halides is 5. The lowest BCUT2D eigenvalue weighted by Crippen LogP contribution is -2.40. The molecular weight excluding hydrogens is 411 g/mol. The van der Waals surface area contributed by atoms with Gasteiger partial charge in [0, 0.05) is 17.3 Å². The van der Waals surface area contributed by atoms with Gasteiger partial charge in [-0.3, -0.25) is 9.59 Å². The minimum Gasteiger partial charge on any atom is -0.425 e. The monoisotopic (exact) mass is 428 g/mol. The van der Waals surface area contributed by atoms with Crippen LogP contribution in [0.2, 0.25) is 0 Å². The van der Waals surface area contributed by atoms with Crippen LogP contribution < -0.4 is 15.4 Å². The molecule has 0 spiro atoms. The van der Waals surface area contributed by atoms with Crippen molar-refractivity contribution in [1.29, 1.82) is 0 Å². The first-order chi connectivity index (χ1) is 14.0. The fraction of sp³-hybridized carbons (Fsp3) is 0.300. The molecule has 0 atom stereocenters. The molecule has 160 valence electrons. The molecule has 2 aromatic carbocycles. The molecule has 1 fully saturated rings. The van der Waals surface area contributed by atoms with E-state index in [1.807, 2.05) is 5.32 Å². The van der Waals surface area contributed by atoms with Crippen molar-refractivity contribution in [3.8, 4) is 5.75 Å². The summed E-state index contributed by atoms with van der Waals surface area (Å²) in [4.78, 5) is 24.1. The molecule has 0 radical (unpaired) electrons. The van der Waals surface area contributed by atoms with Crippen LogP contribution in [-0.4, -0.2) is 24.0 Å². The van der Waals surface area contributed by atoms with Gasteiger partial charge in [0.1, 0.15) is 5.75 Å². The molecule has 2 aromatic rings. The number of nitrogens with one attached hydrogen (secondary N) is 2. The van der Waals surface area contributed by atoms with Crippen LogP contribution in [0.1, 0.15) is 34.3 Å². The lowest BCUT2D eigenvalue weighted by molar-refractivity contribution is -0.187. The Hall–Kier alpha value is -3.17. The number of carbonyl (C=O) groups excluding carboxylic acids is 2. The van der Waals surface area contributed by atoms with Gasteiger partial charge in [-0.15, -0.1) is 0 Å². The van der Waals surface area contributed by atoms with E-state index in [1.54, 1.807) is 0 Å². The van der Waals surface area contributed by atoms with Crippen LogP contribution in [-0.2, 0) is 11.0 Å². The summed E-state index contributed by atoms with van der Waals surface area (Å²) in [5.74, 6) is -3.11. The van der Waals surface area contributed by atoms with Crippen LogP contribution in [0.4, 0.5) is 27.6 Å². The highest BCUT2D eigenvalue weighted by molar-refractivity contribution is 5.99. The summed E-state index contributed by atoms with van der Waals surface area (Å²) in [6.45, 7) is 1.53. The third kappa shape index (κ3) is 5.25. The lowest BCUT2D eigenvalue weighted by Gasteiger charge is -2.19. The van der Waals surface area contributed by atoms with E-state index in [0.29, 0.717) is 17.7 Å². The SMILES string of the molecule is Cc1ccc(C(=O)NC2CC2)cc1NC(=O)C(F)(F)Oc1cccc(C(F)(F)F)c1. The summed E-state index contributed by atoms with van der Waals surface area (Å²) >= 11 is 0. The molecule has 0 bridgehead atoms. The van der Waals surface area contributed by atoms with Crippen molar-refractivity contribution in [2.45, 2.75) is 38.1 Å². The van der Waals surface area contributed by atoms with Crippen molar-refractivity contribution >= 4 is 17.5 Å². The Balaban J connectivity index is 1.73. The van der Waals surface area contributed by atoms with E-state index in [1.165, 1.54) is 25.1 Å². The van der Waals surface area contributed by atoms with Crippen molar-refractivity contribution in [3.05, 3.63) is 59.2 Å². The van der Waals surface area contributed by atoms with E-state index in [9.17, 15) is 31.5 Å². The van der Waals surface area contributed by atoms with Crippen LogP contribution in [0, 0.1) is 6.92 Å². The number of aryl methyl sites for hydroxylation is 1.